The van der Waals surface area contributed by atoms with Crippen LogP contribution in [0.3, 0.4) is 0 Å². The van der Waals surface area contributed by atoms with Crippen LogP contribution in [0.4, 0.5) is 5.82 Å². The highest BCUT2D eigenvalue weighted by Gasteiger charge is 2.24. The smallest absolute Gasteiger partial charge is 0.223 e. The molecule has 1 saturated heterocycles. The Morgan fingerprint density at radius 3 is 2.50 bits per heavy atom. The molecule has 4 rings (SSSR count). The van der Waals surface area contributed by atoms with Gasteiger partial charge in [-0.2, -0.15) is 10.2 Å². The van der Waals surface area contributed by atoms with E-state index in [1.165, 1.54) is 5.56 Å². The van der Waals surface area contributed by atoms with E-state index in [9.17, 15) is 4.79 Å². The Bertz CT molecular complexity index is 1010. The van der Waals surface area contributed by atoms with E-state index in [0.717, 1.165) is 47.7 Å². The molecule has 9 heteroatoms. The number of carbonyl (C=O) groups excluding carboxylic acids is 1. The fourth-order valence-corrected chi connectivity index (χ4v) is 3.94. The molecule has 1 aliphatic rings. The lowest BCUT2D eigenvalue weighted by Gasteiger charge is -2.35. The van der Waals surface area contributed by atoms with Crippen molar-refractivity contribution in [1.29, 1.82) is 0 Å². The molecule has 3 aromatic heterocycles. The first-order valence-corrected chi connectivity index (χ1v) is 9.60. The molecular weight excluding hydrogens is 356 g/mol. The number of anilines is 1. The Hall–Kier alpha value is -2.97. The third kappa shape index (κ3) is 3.21. The summed E-state index contributed by atoms with van der Waals surface area (Å²) in [5.41, 5.74) is 4.17. The molecule has 0 bridgehead atoms. The number of nitrogens with zero attached hydrogens (tertiary/aromatic N) is 8. The maximum absolute atomic E-state index is 12.7. The molecule has 1 fully saturated rings. The van der Waals surface area contributed by atoms with Crippen molar-refractivity contribution >= 4 is 22.8 Å². The molecule has 0 atom stereocenters. The van der Waals surface area contributed by atoms with Crippen LogP contribution in [0.1, 0.15) is 23.4 Å². The van der Waals surface area contributed by atoms with Gasteiger partial charge in [0, 0.05) is 52.4 Å². The second-order valence-corrected chi connectivity index (χ2v) is 7.34. The predicted octanol–water partition coefficient (Wildman–Crippen LogP) is 0.995. The van der Waals surface area contributed by atoms with Crippen LogP contribution in [0.15, 0.2) is 12.5 Å². The van der Waals surface area contributed by atoms with E-state index in [2.05, 4.69) is 32.0 Å². The first-order valence-electron chi connectivity index (χ1n) is 9.60. The average molecular weight is 382 g/mol. The molecule has 9 nitrogen and oxygen atoms in total. The summed E-state index contributed by atoms with van der Waals surface area (Å²) in [6.07, 6.45) is 4.65. The van der Waals surface area contributed by atoms with Crippen molar-refractivity contribution in [3.63, 3.8) is 0 Å². The molecule has 4 heterocycles. The monoisotopic (exact) mass is 382 g/mol. The summed E-state index contributed by atoms with van der Waals surface area (Å²) in [6, 6.07) is 0. The van der Waals surface area contributed by atoms with Gasteiger partial charge in [0.25, 0.3) is 0 Å². The number of rotatable bonds is 4. The van der Waals surface area contributed by atoms with E-state index in [1.54, 1.807) is 17.2 Å². The lowest BCUT2D eigenvalue weighted by molar-refractivity contribution is -0.131. The summed E-state index contributed by atoms with van der Waals surface area (Å²) >= 11 is 0. The Morgan fingerprint density at radius 1 is 1.07 bits per heavy atom. The number of hydrogen-bond acceptors (Lipinski definition) is 6. The molecule has 0 aromatic carbocycles. The van der Waals surface area contributed by atoms with Gasteiger partial charge in [0.1, 0.15) is 12.1 Å². The van der Waals surface area contributed by atoms with Crippen LogP contribution in [-0.2, 0) is 25.3 Å². The van der Waals surface area contributed by atoms with Crippen molar-refractivity contribution in [1.82, 2.24) is 34.4 Å². The third-order valence-electron chi connectivity index (χ3n) is 5.69. The van der Waals surface area contributed by atoms with Gasteiger partial charge in [0.2, 0.25) is 5.91 Å². The van der Waals surface area contributed by atoms with Gasteiger partial charge in [-0.3, -0.25) is 14.2 Å². The van der Waals surface area contributed by atoms with Crippen molar-refractivity contribution in [3.05, 3.63) is 29.5 Å². The van der Waals surface area contributed by atoms with Gasteiger partial charge in [-0.25, -0.2) is 9.97 Å². The molecule has 0 saturated carbocycles. The minimum absolute atomic E-state index is 0.205. The molecule has 0 spiro atoms. The lowest BCUT2D eigenvalue weighted by atomic mass is 10.1. The quantitative estimate of drug-likeness (QED) is 0.669. The van der Waals surface area contributed by atoms with Gasteiger partial charge >= 0.3 is 0 Å². The second-order valence-electron chi connectivity index (χ2n) is 7.34. The molecule has 28 heavy (non-hydrogen) atoms. The van der Waals surface area contributed by atoms with E-state index in [-0.39, 0.29) is 5.91 Å². The third-order valence-corrected chi connectivity index (χ3v) is 5.69. The Balaban J connectivity index is 1.37. The van der Waals surface area contributed by atoms with E-state index in [1.807, 2.05) is 30.6 Å². The number of aryl methyl sites for hydroxylation is 3. The molecule has 0 N–H and O–H groups in total. The topological polar surface area (TPSA) is 85.0 Å². The van der Waals surface area contributed by atoms with Crippen LogP contribution in [0.25, 0.3) is 11.0 Å². The van der Waals surface area contributed by atoms with Crippen LogP contribution in [0, 0.1) is 13.8 Å². The fraction of sp³-hybridized carbons (Fsp3) is 0.526. The summed E-state index contributed by atoms with van der Waals surface area (Å²) in [5, 5.41) is 9.67. The fourth-order valence-electron chi connectivity index (χ4n) is 3.94. The van der Waals surface area contributed by atoms with Gasteiger partial charge in [-0.1, -0.05) is 0 Å². The van der Waals surface area contributed by atoms with E-state index >= 15 is 0 Å². The van der Waals surface area contributed by atoms with Crippen molar-refractivity contribution in [2.24, 2.45) is 14.1 Å². The van der Waals surface area contributed by atoms with Gasteiger partial charge in [-0.05, 0) is 25.8 Å². The highest BCUT2D eigenvalue weighted by Crippen LogP contribution is 2.23. The van der Waals surface area contributed by atoms with Gasteiger partial charge < -0.3 is 9.80 Å². The van der Waals surface area contributed by atoms with Crippen LogP contribution in [0.2, 0.25) is 0 Å². The SMILES string of the molecule is Cc1nn(C)c(C)c1CCC(=O)N1CCN(c2ncnc3c2cnn3C)CC1. The van der Waals surface area contributed by atoms with Crippen LogP contribution in [-0.4, -0.2) is 66.5 Å². The minimum Gasteiger partial charge on any atom is -0.352 e. The van der Waals surface area contributed by atoms with Crippen molar-refractivity contribution < 1.29 is 4.79 Å². The number of amides is 1. The minimum atomic E-state index is 0.205. The van der Waals surface area contributed by atoms with Crippen molar-refractivity contribution in [3.8, 4) is 0 Å². The zero-order valence-corrected chi connectivity index (χ0v) is 16.9. The highest BCUT2D eigenvalue weighted by molar-refractivity contribution is 5.86. The molecule has 0 aliphatic carbocycles. The number of piperazine rings is 1. The number of carbonyl (C=O) groups is 1. The molecule has 148 valence electrons. The molecule has 0 unspecified atom stereocenters. The van der Waals surface area contributed by atoms with E-state index < -0.39 is 0 Å². The van der Waals surface area contributed by atoms with Gasteiger partial charge in [0.05, 0.1) is 17.3 Å². The van der Waals surface area contributed by atoms with Crippen LogP contribution < -0.4 is 4.90 Å². The normalized spacial score (nSPS) is 14.9. The summed E-state index contributed by atoms with van der Waals surface area (Å²) in [7, 11) is 3.82. The zero-order valence-electron chi connectivity index (χ0n) is 16.9. The first kappa shape index (κ1) is 18.4. The van der Waals surface area contributed by atoms with Gasteiger partial charge in [-0.15, -0.1) is 0 Å². The maximum atomic E-state index is 12.7. The largest absolute Gasteiger partial charge is 0.352 e. The summed E-state index contributed by atoms with van der Waals surface area (Å²) in [5.74, 6) is 1.10. The first-order chi connectivity index (χ1) is 13.5. The van der Waals surface area contributed by atoms with E-state index in [4.69, 9.17) is 0 Å². The number of fused-ring (bicyclic) bond motifs is 1. The number of hydrogen-bond donors (Lipinski definition) is 0. The van der Waals surface area contributed by atoms with Gasteiger partial charge in [0.15, 0.2) is 5.65 Å². The second kappa shape index (κ2) is 7.21. The van der Waals surface area contributed by atoms with E-state index in [0.29, 0.717) is 19.5 Å². The Morgan fingerprint density at radius 2 is 1.82 bits per heavy atom. The molecule has 0 radical (unpaired) electrons. The van der Waals surface area contributed by atoms with Crippen molar-refractivity contribution in [2.45, 2.75) is 26.7 Å². The summed E-state index contributed by atoms with van der Waals surface area (Å²) in [4.78, 5) is 25.6. The number of aromatic nitrogens is 6. The Labute approximate surface area is 164 Å². The molecule has 1 amide bonds. The van der Waals surface area contributed by atoms with Crippen LogP contribution >= 0.6 is 0 Å². The van der Waals surface area contributed by atoms with Crippen molar-refractivity contribution in [2.75, 3.05) is 31.1 Å². The van der Waals surface area contributed by atoms with Crippen LogP contribution in [0.5, 0.6) is 0 Å². The lowest BCUT2D eigenvalue weighted by Crippen LogP contribution is -2.49. The summed E-state index contributed by atoms with van der Waals surface area (Å²) in [6.45, 7) is 6.99. The average Bonchev–Trinajstić information content (AvgIpc) is 3.19. The molecular formula is C19H26N8O. The Kier molecular flexibility index (Phi) is 4.74. The maximum Gasteiger partial charge on any atom is 0.223 e. The standard InChI is InChI=1S/C19H26N8O/c1-13-15(14(2)24(3)23-13)5-6-17(28)26-7-9-27(10-8-26)19-16-11-22-25(4)18(16)20-12-21-19/h11-12H,5-10H2,1-4H3. The predicted molar refractivity (Wildman–Crippen MR) is 106 cm³/mol. The highest BCUT2D eigenvalue weighted by atomic mass is 16.2. The summed E-state index contributed by atoms with van der Waals surface area (Å²) < 4.78 is 3.64. The molecule has 3 aromatic rings. The molecule has 1 aliphatic heterocycles. The zero-order chi connectivity index (χ0) is 19.8.